The number of urea groups is 1. The van der Waals surface area contributed by atoms with Crippen LogP contribution in [0.25, 0.3) is 0 Å². The molecule has 3 amide bonds. The third-order valence-corrected chi connectivity index (χ3v) is 4.57. The van der Waals surface area contributed by atoms with E-state index in [2.05, 4.69) is 10.6 Å². The van der Waals surface area contributed by atoms with Crippen molar-refractivity contribution in [2.24, 2.45) is 5.92 Å². The van der Waals surface area contributed by atoms with Gasteiger partial charge in [0.25, 0.3) is 0 Å². The van der Waals surface area contributed by atoms with Gasteiger partial charge in [-0.3, -0.25) is 9.69 Å². The highest BCUT2D eigenvalue weighted by molar-refractivity contribution is 5.95. The number of ether oxygens (including phenoxy) is 1. The van der Waals surface area contributed by atoms with Crippen LogP contribution in [0.1, 0.15) is 52.6 Å². The van der Waals surface area contributed by atoms with Gasteiger partial charge in [-0.2, -0.15) is 0 Å². The predicted molar refractivity (Wildman–Crippen MR) is 108 cm³/mol. The number of hydrogen-bond acceptors (Lipinski definition) is 4. The minimum Gasteiger partial charge on any atom is -0.463 e. The smallest absolute Gasteiger partial charge is 0.338 e. The molecule has 0 radical (unpaired) electrons. The second kappa shape index (κ2) is 9.39. The van der Waals surface area contributed by atoms with Crippen molar-refractivity contribution in [2.45, 2.75) is 47.1 Å². The zero-order valence-corrected chi connectivity index (χ0v) is 17.2. The molecular formula is C21H29N3O4. The molecule has 0 fully saturated rings. The van der Waals surface area contributed by atoms with E-state index in [4.69, 9.17) is 4.74 Å². The number of carbonyl (C=O) groups is 3. The van der Waals surface area contributed by atoms with Gasteiger partial charge in [-0.05, 0) is 38.0 Å². The Morgan fingerprint density at radius 2 is 1.86 bits per heavy atom. The van der Waals surface area contributed by atoms with Crippen LogP contribution in [0.3, 0.4) is 0 Å². The highest BCUT2D eigenvalue weighted by Crippen LogP contribution is 2.32. The van der Waals surface area contributed by atoms with E-state index in [0.29, 0.717) is 23.5 Å². The Bertz CT molecular complexity index is 768. The molecule has 152 valence electrons. The Kier molecular flexibility index (Phi) is 7.20. The Labute approximate surface area is 166 Å². The van der Waals surface area contributed by atoms with Crippen LogP contribution < -0.4 is 10.6 Å². The van der Waals surface area contributed by atoms with Crippen molar-refractivity contribution in [3.8, 4) is 0 Å². The second-order valence-corrected chi connectivity index (χ2v) is 7.02. The van der Waals surface area contributed by atoms with Crippen molar-refractivity contribution in [3.63, 3.8) is 0 Å². The molecule has 1 aliphatic rings. The first kappa shape index (κ1) is 21.5. The SMILES string of the molecule is CCCN1C(=O)NC(c2ccc(NC(=O)C(C)C)cc2)C(C(=O)OCC)=C1C. The summed E-state index contributed by atoms with van der Waals surface area (Å²) in [4.78, 5) is 38.6. The molecule has 0 spiro atoms. The number of hydrogen-bond donors (Lipinski definition) is 2. The molecule has 2 N–H and O–H groups in total. The van der Waals surface area contributed by atoms with E-state index in [0.717, 1.165) is 12.0 Å². The number of rotatable bonds is 7. The first-order chi connectivity index (χ1) is 13.3. The highest BCUT2D eigenvalue weighted by atomic mass is 16.5. The normalized spacial score (nSPS) is 16.9. The zero-order chi connectivity index (χ0) is 20.8. The lowest BCUT2D eigenvalue weighted by molar-refractivity contribution is -0.139. The molecule has 0 aromatic heterocycles. The molecule has 0 bridgehead atoms. The summed E-state index contributed by atoms with van der Waals surface area (Å²) in [5.41, 5.74) is 2.44. The average Bonchev–Trinajstić information content (AvgIpc) is 2.65. The van der Waals surface area contributed by atoms with Gasteiger partial charge < -0.3 is 15.4 Å². The van der Waals surface area contributed by atoms with Crippen LogP contribution in [0.2, 0.25) is 0 Å². The minimum absolute atomic E-state index is 0.0723. The number of allylic oxidation sites excluding steroid dienone is 1. The van der Waals surface area contributed by atoms with Gasteiger partial charge in [-0.1, -0.05) is 32.9 Å². The average molecular weight is 387 g/mol. The summed E-state index contributed by atoms with van der Waals surface area (Å²) in [6, 6.07) is 6.27. The summed E-state index contributed by atoms with van der Waals surface area (Å²) < 4.78 is 5.24. The molecule has 2 rings (SSSR count). The van der Waals surface area contributed by atoms with Crippen molar-refractivity contribution in [1.29, 1.82) is 0 Å². The minimum atomic E-state index is -0.602. The fourth-order valence-electron chi connectivity index (χ4n) is 3.04. The predicted octanol–water partition coefficient (Wildman–Crippen LogP) is 3.59. The molecule has 0 saturated carbocycles. The van der Waals surface area contributed by atoms with Crippen molar-refractivity contribution in [3.05, 3.63) is 41.1 Å². The quantitative estimate of drug-likeness (QED) is 0.700. The highest BCUT2D eigenvalue weighted by Gasteiger charge is 2.36. The summed E-state index contributed by atoms with van der Waals surface area (Å²) in [6.45, 7) is 9.91. The van der Waals surface area contributed by atoms with Gasteiger partial charge in [0, 0.05) is 23.8 Å². The summed E-state index contributed by atoms with van der Waals surface area (Å²) in [6.07, 6.45) is 0.774. The molecular weight excluding hydrogens is 358 g/mol. The van der Waals surface area contributed by atoms with Crippen LogP contribution in [0.15, 0.2) is 35.5 Å². The van der Waals surface area contributed by atoms with Crippen LogP contribution in [-0.2, 0) is 14.3 Å². The maximum atomic E-state index is 12.6. The summed E-state index contributed by atoms with van der Waals surface area (Å²) in [5, 5.41) is 5.74. The lowest BCUT2D eigenvalue weighted by Crippen LogP contribution is -2.48. The van der Waals surface area contributed by atoms with Crippen molar-refractivity contribution in [1.82, 2.24) is 10.2 Å². The lowest BCUT2D eigenvalue weighted by Gasteiger charge is -2.35. The van der Waals surface area contributed by atoms with Crippen LogP contribution in [0.5, 0.6) is 0 Å². The number of benzene rings is 1. The molecule has 1 atom stereocenters. The molecule has 1 heterocycles. The Morgan fingerprint density at radius 1 is 1.21 bits per heavy atom. The molecule has 7 nitrogen and oxygen atoms in total. The fraction of sp³-hybridized carbons (Fsp3) is 0.476. The molecule has 1 unspecified atom stereocenters. The molecule has 7 heteroatoms. The zero-order valence-electron chi connectivity index (χ0n) is 17.2. The van der Waals surface area contributed by atoms with Crippen molar-refractivity contribution >= 4 is 23.6 Å². The topological polar surface area (TPSA) is 87.7 Å². The Hall–Kier alpha value is -2.83. The third kappa shape index (κ3) is 4.71. The third-order valence-electron chi connectivity index (χ3n) is 4.57. The molecule has 28 heavy (non-hydrogen) atoms. The Morgan fingerprint density at radius 3 is 2.39 bits per heavy atom. The molecule has 1 aromatic rings. The number of esters is 1. The van der Waals surface area contributed by atoms with Crippen molar-refractivity contribution in [2.75, 3.05) is 18.5 Å². The fourth-order valence-corrected chi connectivity index (χ4v) is 3.04. The number of amides is 3. The van der Waals surface area contributed by atoms with Gasteiger partial charge >= 0.3 is 12.0 Å². The monoisotopic (exact) mass is 387 g/mol. The van der Waals surface area contributed by atoms with Crippen LogP contribution in [0.4, 0.5) is 10.5 Å². The van der Waals surface area contributed by atoms with E-state index < -0.39 is 12.0 Å². The molecule has 0 saturated heterocycles. The van der Waals surface area contributed by atoms with Crippen LogP contribution in [-0.4, -0.2) is 36.0 Å². The van der Waals surface area contributed by atoms with Gasteiger partial charge in [0.05, 0.1) is 18.2 Å². The van der Waals surface area contributed by atoms with E-state index in [-0.39, 0.29) is 24.5 Å². The van der Waals surface area contributed by atoms with Crippen molar-refractivity contribution < 1.29 is 19.1 Å². The maximum absolute atomic E-state index is 12.6. The number of anilines is 1. The van der Waals surface area contributed by atoms with Gasteiger partial charge in [0.1, 0.15) is 0 Å². The first-order valence-corrected chi connectivity index (χ1v) is 9.66. The van der Waals surface area contributed by atoms with E-state index in [1.54, 1.807) is 43.0 Å². The van der Waals surface area contributed by atoms with Gasteiger partial charge in [0.2, 0.25) is 5.91 Å². The number of carbonyl (C=O) groups excluding carboxylic acids is 3. The molecule has 1 aromatic carbocycles. The van der Waals surface area contributed by atoms with E-state index in [9.17, 15) is 14.4 Å². The number of nitrogens with one attached hydrogen (secondary N) is 2. The summed E-state index contributed by atoms with van der Waals surface area (Å²) in [7, 11) is 0. The van der Waals surface area contributed by atoms with E-state index >= 15 is 0 Å². The lowest BCUT2D eigenvalue weighted by atomic mass is 9.94. The van der Waals surface area contributed by atoms with Crippen LogP contribution >= 0.6 is 0 Å². The van der Waals surface area contributed by atoms with Crippen LogP contribution in [0, 0.1) is 5.92 Å². The molecule has 0 aliphatic carbocycles. The second-order valence-electron chi connectivity index (χ2n) is 7.02. The Balaban J connectivity index is 2.37. The largest absolute Gasteiger partial charge is 0.463 e. The number of nitrogens with zero attached hydrogens (tertiary/aromatic N) is 1. The first-order valence-electron chi connectivity index (χ1n) is 9.66. The standard InChI is InChI=1S/C21H29N3O4/c1-6-12-24-14(5)17(20(26)28-7-2)18(23-21(24)27)15-8-10-16(11-9-15)22-19(25)13(3)4/h8-11,13,18H,6-7,12H2,1-5H3,(H,22,25)(H,23,27). The summed E-state index contributed by atoms with van der Waals surface area (Å²) in [5.74, 6) is -0.636. The van der Waals surface area contributed by atoms with Gasteiger partial charge in [-0.15, -0.1) is 0 Å². The summed E-state index contributed by atoms with van der Waals surface area (Å²) >= 11 is 0. The molecule has 1 aliphatic heterocycles. The van der Waals surface area contributed by atoms with E-state index in [1.165, 1.54) is 0 Å². The maximum Gasteiger partial charge on any atom is 0.338 e. The van der Waals surface area contributed by atoms with E-state index in [1.807, 2.05) is 20.8 Å². The van der Waals surface area contributed by atoms with Gasteiger partial charge in [0.15, 0.2) is 0 Å². The van der Waals surface area contributed by atoms with Gasteiger partial charge in [-0.25, -0.2) is 9.59 Å².